The molecule has 0 radical (unpaired) electrons. The van der Waals surface area contributed by atoms with Crippen molar-refractivity contribution in [2.75, 3.05) is 32.4 Å². The number of carbonyl (C=O) groups is 2. The average Bonchev–Trinajstić information content (AvgIpc) is 2.40. The predicted octanol–water partition coefficient (Wildman–Crippen LogP) is 1.63. The van der Waals surface area contributed by atoms with Crippen LogP contribution in [0.3, 0.4) is 0 Å². The van der Waals surface area contributed by atoms with Gasteiger partial charge in [0.25, 0.3) is 5.91 Å². The maximum atomic E-state index is 12.1. The largest absolute Gasteiger partial charge is 0.399 e. The van der Waals surface area contributed by atoms with E-state index >= 15 is 0 Å². The van der Waals surface area contributed by atoms with Crippen LogP contribution >= 0.6 is 12.4 Å². The first-order valence-corrected chi connectivity index (χ1v) is 6.38. The molecule has 0 aromatic heterocycles. The Kier molecular flexibility index (Phi) is 7.69. The van der Waals surface area contributed by atoms with Crippen molar-refractivity contribution in [2.24, 2.45) is 0 Å². The van der Waals surface area contributed by atoms with Crippen molar-refractivity contribution in [2.45, 2.75) is 13.8 Å². The molecule has 5 nitrogen and oxygen atoms in total. The number of likely N-dealkylation sites (N-methyl/N-ethyl adjacent to an activating group) is 2. The smallest absolute Gasteiger partial charge is 0.254 e. The zero-order valence-electron chi connectivity index (χ0n) is 12.1. The fourth-order valence-electron chi connectivity index (χ4n) is 1.80. The maximum absolute atomic E-state index is 12.1. The molecule has 112 valence electrons. The van der Waals surface area contributed by atoms with Gasteiger partial charge in [0.1, 0.15) is 0 Å². The fraction of sp³-hybridized carbons (Fsp3) is 0.429. The van der Waals surface area contributed by atoms with Gasteiger partial charge in [-0.25, -0.2) is 0 Å². The summed E-state index contributed by atoms with van der Waals surface area (Å²) in [6, 6.07) is 6.67. The number of rotatable bonds is 5. The molecule has 6 heteroatoms. The summed E-state index contributed by atoms with van der Waals surface area (Å²) in [5.41, 5.74) is 6.71. The fourth-order valence-corrected chi connectivity index (χ4v) is 1.80. The van der Waals surface area contributed by atoms with Crippen molar-refractivity contribution >= 4 is 29.9 Å². The second-order valence-corrected chi connectivity index (χ2v) is 4.35. The van der Waals surface area contributed by atoms with Gasteiger partial charge in [0.05, 0.1) is 6.54 Å². The van der Waals surface area contributed by atoms with E-state index in [1.807, 2.05) is 13.8 Å². The normalized spacial score (nSPS) is 9.55. The standard InChI is InChI=1S/C14H21N3O2.ClH/c1-4-17(5-2)13(18)10-16(3)14(19)11-6-8-12(15)9-7-11;/h6-9H,4-5,10,15H2,1-3H3;1H. The van der Waals surface area contributed by atoms with E-state index in [4.69, 9.17) is 5.73 Å². The predicted molar refractivity (Wildman–Crippen MR) is 83.0 cm³/mol. The van der Waals surface area contributed by atoms with Crippen LogP contribution < -0.4 is 5.73 Å². The van der Waals surface area contributed by atoms with E-state index in [2.05, 4.69) is 0 Å². The Balaban J connectivity index is 0.00000361. The summed E-state index contributed by atoms with van der Waals surface area (Å²) in [6.45, 7) is 5.23. The van der Waals surface area contributed by atoms with Gasteiger partial charge in [-0.15, -0.1) is 12.4 Å². The molecule has 0 aliphatic rings. The van der Waals surface area contributed by atoms with Gasteiger partial charge < -0.3 is 15.5 Å². The van der Waals surface area contributed by atoms with Crippen LogP contribution in [0.1, 0.15) is 24.2 Å². The third-order valence-electron chi connectivity index (χ3n) is 2.99. The minimum absolute atomic E-state index is 0. The third kappa shape index (κ3) is 4.74. The van der Waals surface area contributed by atoms with Crippen LogP contribution in [0.4, 0.5) is 5.69 Å². The molecular weight excluding hydrogens is 278 g/mol. The van der Waals surface area contributed by atoms with E-state index in [0.717, 1.165) is 0 Å². The number of benzene rings is 1. The summed E-state index contributed by atoms with van der Waals surface area (Å²) < 4.78 is 0. The SMILES string of the molecule is CCN(CC)C(=O)CN(C)C(=O)c1ccc(N)cc1.Cl. The van der Waals surface area contributed by atoms with E-state index in [9.17, 15) is 9.59 Å². The first-order chi connectivity index (χ1) is 8.99. The zero-order chi connectivity index (χ0) is 14.4. The van der Waals surface area contributed by atoms with E-state index in [0.29, 0.717) is 24.3 Å². The Hall–Kier alpha value is -1.75. The molecule has 2 amide bonds. The van der Waals surface area contributed by atoms with Crippen LogP contribution in [0.5, 0.6) is 0 Å². The Bertz CT molecular complexity index is 444. The summed E-state index contributed by atoms with van der Waals surface area (Å²) in [5, 5.41) is 0. The van der Waals surface area contributed by atoms with Crippen molar-refractivity contribution in [3.63, 3.8) is 0 Å². The summed E-state index contributed by atoms with van der Waals surface area (Å²) in [7, 11) is 1.63. The Morgan fingerprint density at radius 2 is 1.60 bits per heavy atom. The van der Waals surface area contributed by atoms with Crippen molar-refractivity contribution in [1.82, 2.24) is 9.80 Å². The molecule has 1 rings (SSSR count). The number of amides is 2. The molecule has 0 saturated heterocycles. The van der Waals surface area contributed by atoms with Crippen LogP contribution in [-0.2, 0) is 4.79 Å². The number of hydrogen-bond acceptors (Lipinski definition) is 3. The number of hydrogen-bond donors (Lipinski definition) is 1. The van der Waals surface area contributed by atoms with E-state index in [1.165, 1.54) is 4.90 Å². The lowest BCUT2D eigenvalue weighted by Crippen LogP contribution is -2.41. The molecule has 1 aromatic carbocycles. The summed E-state index contributed by atoms with van der Waals surface area (Å²) in [4.78, 5) is 27.1. The number of nitrogens with two attached hydrogens (primary N) is 1. The lowest BCUT2D eigenvalue weighted by molar-refractivity contribution is -0.131. The van der Waals surface area contributed by atoms with Crippen LogP contribution in [0.15, 0.2) is 24.3 Å². The monoisotopic (exact) mass is 299 g/mol. The van der Waals surface area contributed by atoms with Crippen LogP contribution in [0, 0.1) is 0 Å². The topological polar surface area (TPSA) is 66.6 Å². The second-order valence-electron chi connectivity index (χ2n) is 4.35. The van der Waals surface area contributed by atoms with Gasteiger partial charge in [-0.05, 0) is 38.1 Å². The highest BCUT2D eigenvalue weighted by atomic mass is 35.5. The molecule has 0 unspecified atom stereocenters. The molecule has 1 aromatic rings. The molecule has 2 N–H and O–H groups in total. The number of nitrogens with zero attached hydrogens (tertiary/aromatic N) is 2. The molecule has 20 heavy (non-hydrogen) atoms. The minimum Gasteiger partial charge on any atom is -0.399 e. The van der Waals surface area contributed by atoms with Crippen molar-refractivity contribution in [3.8, 4) is 0 Å². The van der Waals surface area contributed by atoms with Gasteiger partial charge >= 0.3 is 0 Å². The van der Waals surface area contributed by atoms with E-state index < -0.39 is 0 Å². The zero-order valence-corrected chi connectivity index (χ0v) is 12.9. The first kappa shape index (κ1) is 18.2. The molecule has 0 atom stereocenters. The number of carbonyl (C=O) groups excluding carboxylic acids is 2. The van der Waals surface area contributed by atoms with Gasteiger partial charge in [0.2, 0.25) is 5.91 Å². The Morgan fingerprint density at radius 1 is 1.10 bits per heavy atom. The summed E-state index contributed by atoms with van der Waals surface area (Å²) in [5.74, 6) is -0.225. The highest BCUT2D eigenvalue weighted by molar-refractivity contribution is 5.96. The molecule has 0 saturated carbocycles. The minimum atomic E-state index is -0.180. The Morgan fingerprint density at radius 3 is 2.05 bits per heavy atom. The molecule has 0 heterocycles. The lowest BCUT2D eigenvalue weighted by Gasteiger charge is -2.23. The van der Waals surface area contributed by atoms with Gasteiger partial charge in [0.15, 0.2) is 0 Å². The number of nitrogen functional groups attached to an aromatic ring is 1. The average molecular weight is 300 g/mol. The quantitative estimate of drug-likeness (QED) is 0.840. The molecule has 0 spiro atoms. The van der Waals surface area contributed by atoms with Crippen LogP contribution in [0.2, 0.25) is 0 Å². The van der Waals surface area contributed by atoms with Gasteiger partial charge in [0, 0.05) is 31.4 Å². The molecule has 0 bridgehead atoms. The lowest BCUT2D eigenvalue weighted by atomic mass is 10.2. The van der Waals surface area contributed by atoms with Crippen LogP contribution in [-0.4, -0.2) is 48.3 Å². The second kappa shape index (κ2) is 8.43. The molecular formula is C14H22ClN3O2. The molecule has 0 fully saturated rings. The third-order valence-corrected chi connectivity index (χ3v) is 2.99. The van der Waals surface area contributed by atoms with Gasteiger partial charge in [-0.1, -0.05) is 0 Å². The first-order valence-electron chi connectivity index (χ1n) is 6.38. The highest BCUT2D eigenvalue weighted by Gasteiger charge is 2.17. The van der Waals surface area contributed by atoms with Crippen molar-refractivity contribution in [3.05, 3.63) is 29.8 Å². The number of halogens is 1. The Labute approximate surface area is 126 Å². The van der Waals surface area contributed by atoms with E-state index in [-0.39, 0.29) is 30.8 Å². The highest BCUT2D eigenvalue weighted by Crippen LogP contribution is 2.08. The summed E-state index contributed by atoms with van der Waals surface area (Å²) in [6.07, 6.45) is 0. The van der Waals surface area contributed by atoms with Gasteiger partial charge in [-0.3, -0.25) is 9.59 Å². The van der Waals surface area contributed by atoms with Crippen LogP contribution in [0.25, 0.3) is 0 Å². The molecule has 0 aliphatic heterocycles. The van der Waals surface area contributed by atoms with Crippen molar-refractivity contribution < 1.29 is 9.59 Å². The van der Waals surface area contributed by atoms with Crippen molar-refractivity contribution in [1.29, 1.82) is 0 Å². The van der Waals surface area contributed by atoms with E-state index in [1.54, 1.807) is 36.2 Å². The maximum Gasteiger partial charge on any atom is 0.254 e. The molecule has 0 aliphatic carbocycles. The summed E-state index contributed by atoms with van der Waals surface area (Å²) >= 11 is 0. The number of anilines is 1. The van der Waals surface area contributed by atoms with Gasteiger partial charge in [-0.2, -0.15) is 0 Å².